The van der Waals surface area contributed by atoms with Crippen LogP contribution in [-0.4, -0.2) is 16.1 Å². The Morgan fingerprint density at radius 1 is 1.08 bits per heavy atom. The van der Waals surface area contributed by atoms with Crippen molar-refractivity contribution in [1.82, 2.24) is 9.78 Å². The van der Waals surface area contributed by atoms with Gasteiger partial charge in [0, 0.05) is 16.8 Å². The van der Waals surface area contributed by atoms with Crippen LogP contribution in [0.3, 0.4) is 0 Å². The molecule has 0 bridgehead atoms. The molecule has 122 valence electrons. The Labute approximate surface area is 146 Å². The van der Waals surface area contributed by atoms with E-state index in [2.05, 4.69) is 31.1 Å². The summed E-state index contributed by atoms with van der Waals surface area (Å²) >= 11 is 5.92. The number of hydrogen-bond acceptors (Lipinski definition) is 2. The van der Waals surface area contributed by atoms with Gasteiger partial charge in [-0.05, 0) is 42.2 Å². The molecule has 0 unspecified atom stereocenters. The van der Waals surface area contributed by atoms with Gasteiger partial charge in [0.25, 0.3) is 0 Å². The number of hydrogen-bond donors (Lipinski definition) is 0. The van der Waals surface area contributed by atoms with Crippen LogP contribution in [-0.2, 0) is 6.42 Å². The predicted molar refractivity (Wildman–Crippen MR) is 97.9 cm³/mol. The summed E-state index contributed by atoms with van der Waals surface area (Å²) in [7, 11) is 0. The molecule has 0 radical (unpaired) electrons. The lowest BCUT2D eigenvalue weighted by atomic mass is 10.0. The Morgan fingerprint density at radius 3 is 2.33 bits per heavy atom. The minimum absolute atomic E-state index is 0.571. The molecule has 0 aliphatic rings. The standard InChI is InChI=1S/C20H19ClN2O/c1-14(2)11-15-3-5-16(6-4-15)20-17(13-24)12-23(22-20)19-9-7-18(21)8-10-19/h3-10,12-14H,11H2,1-2H3. The molecule has 2 aromatic carbocycles. The lowest BCUT2D eigenvalue weighted by Crippen LogP contribution is -1.95. The van der Waals surface area contributed by atoms with Gasteiger partial charge in [-0.25, -0.2) is 4.68 Å². The van der Waals surface area contributed by atoms with Crippen molar-refractivity contribution in [3.8, 4) is 16.9 Å². The maximum atomic E-state index is 11.4. The highest BCUT2D eigenvalue weighted by atomic mass is 35.5. The molecule has 4 heteroatoms. The lowest BCUT2D eigenvalue weighted by molar-refractivity contribution is 0.112. The molecule has 3 nitrogen and oxygen atoms in total. The van der Waals surface area contributed by atoms with E-state index >= 15 is 0 Å². The molecule has 0 spiro atoms. The summed E-state index contributed by atoms with van der Waals surface area (Å²) in [4.78, 5) is 11.4. The van der Waals surface area contributed by atoms with Crippen molar-refractivity contribution in [2.75, 3.05) is 0 Å². The van der Waals surface area contributed by atoms with E-state index in [9.17, 15) is 4.79 Å². The predicted octanol–water partition coefficient (Wildman–Crippen LogP) is 5.20. The number of rotatable bonds is 5. The zero-order chi connectivity index (χ0) is 17.1. The van der Waals surface area contributed by atoms with E-state index in [1.165, 1.54) is 5.56 Å². The molecule has 0 aliphatic heterocycles. The van der Waals surface area contributed by atoms with E-state index in [1.807, 2.05) is 24.3 Å². The van der Waals surface area contributed by atoms with E-state index in [-0.39, 0.29) is 0 Å². The average Bonchev–Trinajstić information content (AvgIpc) is 3.00. The van der Waals surface area contributed by atoms with Gasteiger partial charge in [-0.3, -0.25) is 4.79 Å². The number of benzene rings is 2. The normalized spacial score (nSPS) is 11.0. The Bertz CT molecular complexity index is 833. The molecule has 0 aliphatic carbocycles. The molecule has 0 saturated heterocycles. The Balaban J connectivity index is 1.95. The molecule has 3 aromatic rings. The summed E-state index contributed by atoms with van der Waals surface area (Å²) in [5, 5.41) is 5.25. The first-order valence-electron chi connectivity index (χ1n) is 7.97. The Hall–Kier alpha value is -2.39. The van der Waals surface area contributed by atoms with Crippen LogP contribution in [0.15, 0.2) is 54.7 Å². The summed E-state index contributed by atoms with van der Waals surface area (Å²) in [6.45, 7) is 4.40. The molecule has 0 N–H and O–H groups in total. The van der Waals surface area contributed by atoms with Gasteiger partial charge in [0.05, 0.1) is 11.3 Å². The second-order valence-corrected chi connectivity index (χ2v) is 6.70. The fourth-order valence-corrected chi connectivity index (χ4v) is 2.82. The van der Waals surface area contributed by atoms with Crippen molar-refractivity contribution >= 4 is 17.9 Å². The van der Waals surface area contributed by atoms with E-state index in [0.717, 1.165) is 24.0 Å². The van der Waals surface area contributed by atoms with Crippen molar-refractivity contribution in [1.29, 1.82) is 0 Å². The van der Waals surface area contributed by atoms with Crippen LogP contribution in [0.4, 0.5) is 0 Å². The van der Waals surface area contributed by atoms with E-state index < -0.39 is 0 Å². The first kappa shape index (κ1) is 16.5. The second-order valence-electron chi connectivity index (χ2n) is 6.27. The third kappa shape index (κ3) is 3.57. The van der Waals surface area contributed by atoms with Gasteiger partial charge in [0.1, 0.15) is 5.69 Å². The molecule has 24 heavy (non-hydrogen) atoms. The monoisotopic (exact) mass is 338 g/mol. The maximum absolute atomic E-state index is 11.4. The molecule has 0 amide bonds. The first-order chi connectivity index (χ1) is 11.6. The minimum Gasteiger partial charge on any atom is -0.298 e. The van der Waals surface area contributed by atoms with Gasteiger partial charge in [0.2, 0.25) is 0 Å². The number of aldehydes is 1. The molecule has 0 atom stereocenters. The van der Waals surface area contributed by atoms with Crippen molar-refractivity contribution in [2.45, 2.75) is 20.3 Å². The van der Waals surface area contributed by atoms with Gasteiger partial charge >= 0.3 is 0 Å². The third-order valence-electron chi connectivity index (χ3n) is 3.83. The summed E-state index contributed by atoms with van der Waals surface area (Å²) in [5.41, 5.74) is 4.36. The van der Waals surface area contributed by atoms with Crippen molar-refractivity contribution in [2.24, 2.45) is 5.92 Å². The molecule has 3 rings (SSSR count). The van der Waals surface area contributed by atoms with Crippen LogP contribution in [0.25, 0.3) is 16.9 Å². The smallest absolute Gasteiger partial charge is 0.153 e. The summed E-state index contributed by atoms with van der Waals surface area (Å²) in [6, 6.07) is 15.6. The zero-order valence-electron chi connectivity index (χ0n) is 13.7. The molecular weight excluding hydrogens is 320 g/mol. The topological polar surface area (TPSA) is 34.9 Å². The minimum atomic E-state index is 0.571. The van der Waals surface area contributed by atoms with E-state index in [0.29, 0.717) is 22.2 Å². The second kappa shape index (κ2) is 7.02. The first-order valence-corrected chi connectivity index (χ1v) is 8.34. The average molecular weight is 339 g/mol. The SMILES string of the molecule is CC(C)Cc1ccc(-c2nn(-c3ccc(Cl)cc3)cc2C=O)cc1. The lowest BCUT2D eigenvalue weighted by Gasteiger charge is -2.06. The summed E-state index contributed by atoms with van der Waals surface area (Å²) in [6.07, 6.45) is 3.63. The highest BCUT2D eigenvalue weighted by Gasteiger charge is 2.12. The number of aromatic nitrogens is 2. The van der Waals surface area contributed by atoms with Crippen molar-refractivity contribution in [3.63, 3.8) is 0 Å². The van der Waals surface area contributed by atoms with Gasteiger partial charge in [0.15, 0.2) is 6.29 Å². The van der Waals surface area contributed by atoms with Crippen molar-refractivity contribution in [3.05, 3.63) is 70.9 Å². The number of halogens is 1. The van der Waals surface area contributed by atoms with Crippen LogP contribution in [0.1, 0.15) is 29.8 Å². The fraction of sp³-hybridized carbons (Fsp3) is 0.200. The van der Waals surface area contributed by atoms with Crippen LogP contribution in [0, 0.1) is 5.92 Å². The Kier molecular flexibility index (Phi) is 4.81. The van der Waals surface area contributed by atoms with Crippen LogP contribution >= 0.6 is 11.6 Å². The number of nitrogens with zero attached hydrogens (tertiary/aromatic N) is 2. The van der Waals surface area contributed by atoms with E-state index in [1.54, 1.807) is 23.0 Å². The van der Waals surface area contributed by atoms with Crippen molar-refractivity contribution < 1.29 is 4.79 Å². The largest absolute Gasteiger partial charge is 0.298 e. The van der Waals surface area contributed by atoms with Crippen LogP contribution < -0.4 is 0 Å². The number of carbonyl (C=O) groups is 1. The molecular formula is C20H19ClN2O. The third-order valence-corrected chi connectivity index (χ3v) is 4.08. The van der Waals surface area contributed by atoms with Gasteiger partial charge in [-0.1, -0.05) is 49.7 Å². The van der Waals surface area contributed by atoms with Gasteiger partial charge < -0.3 is 0 Å². The molecule has 1 aromatic heterocycles. The quantitative estimate of drug-likeness (QED) is 0.599. The highest BCUT2D eigenvalue weighted by molar-refractivity contribution is 6.30. The molecule has 1 heterocycles. The highest BCUT2D eigenvalue weighted by Crippen LogP contribution is 2.24. The number of carbonyl (C=O) groups excluding carboxylic acids is 1. The Morgan fingerprint density at radius 2 is 1.75 bits per heavy atom. The van der Waals surface area contributed by atoms with E-state index in [4.69, 9.17) is 11.6 Å². The summed E-state index contributed by atoms with van der Waals surface area (Å²) < 4.78 is 1.71. The van der Waals surface area contributed by atoms with Gasteiger partial charge in [-0.2, -0.15) is 5.10 Å². The molecule has 0 fully saturated rings. The fourth-order valence-electron chi connectivity index (χ4n) is 2.69. The van der Waals surface area contributed by atoms with Crippen LogP contribution in [0.5, 0.6) is 0 Å². The van der Waals surface area contributed by atoms with Crippen LogP contribution in [0.2, 0.25) is 5.02 Å². The maximum Gasteiger partial charge on any atom is 0.153 e. The summed E-state index contributed by atoms with van der Waals surface area (Å²) in [5.74, 6) is 0.616. The van der Waals surface area contributed by atoms with Gasteiger partial charge in [-0.15, -0.1) is 0 Å². The molecule has 0 saturated carbocycles. The zero-order valence-corrected chi connectivity index (χ0v) is 14.5.